The Balaban J connectivity index is 1.89. The van der Waals surface area contributed by atoms with Crippen LogP contribution in [0.2, 0.25) is 0 Å². The van der Waals surface area contributed by atoms with Gasteiger partial charge in [-0.1, -0.05) is 25.0 Å². The van der Waals surface area contributed by atoms with E-state index in [1.807, 2.05) is 24.1 Å². The molecule has 1 aliphatic carbocycles. The van der Waals surface area contributed by atoms with Gasteiger partial charge in [-0.15, -0.1) is 0 Å². The standard InChI is InChI=1S/C15H24N2O2/c1-17(11-15(19)7-2-3-8-15)10-14(18)12-5-4-6-13(16)9-12/h4-6,9,14,18-19H,2-3,7-8,10-11,16H2,1H3. The van der Waals surface area contributed by atoms with E-state index in [0.29, 0.717) is 18.8 Å². The van der Waals surface area contributed by atoms with Crippen molar-refractivity contribution in [3.8, 4) is 0 Å². The number of hydrogen-bond donors (Lipinski definition) is 3. The summed E-state index contributed by atoms with van der Waals surface area (Å²) in [5.41, 5.74) is 6.64. The number of likely N-dealkylation sites (N-methyl/N-ethyl adjacent to an activating group) is 1. The maximum atomic E-state index is 10.3. The smallest absolute Gasteiger partial charge is 0.0917 e. The van der Waals surface area contributed by atoms with Crippen molar-refractivity contribution in [2.24, 2.45) is 0 Å². The van der Waals surface area contributed by atoms with Gasteiger partial charge in [-0.05, 0) is 37.6 Å². The van der Waals surface area contributed by atoms with E-state index in [2.05, 4.69) is 0 Å². The van der Waals surface area contributed by atoms with Crippen molar-refractivity contribution < 1.29 is 10.2 Å². The largest absolute Gasteiger partial charge is 0.399 e. The minimum absolute atomic E-state index is 0.506. The number of hydrogen-bond acceptors (Lipinski definition) is 4. The minimum atomic E-state index is -0.571. The summed E-state index contributed by atoms with van der Waals surface area (Å²) in [5, 5.41) is 20.5. The lowest BCUT2D eigenvalue weighted by Gasteiger charge is -2.30. The lowest BCUT2D eigenvalue weighted by atomic mass is 10.0. The first kappa shape index (κ1) is 14.3. The summed E-state index contributed by atoms with van der Waals surface area (Å²) in [7, 11) is 1.94. The van der Waals surface area contributed by atoms with E-state index < -0.39 is 11.7 Å². The van der Waals surface area contributed by atoms with Gasteiger partial charge in [-0.2, -0.15) is 0 Å². The van der Waals surface area contributed by atoms with E-state index in [9.17, 15) is 10.2 Å². The normalized spacial score (nSPS) is 19.8. The van der Waals surface area contributed by atoms with Crippen LogP contribution in [0.25, 0.3) is 0 Å². The molecule has 0 saturated heterocycles. The second kappa shape index (κ2) is 5.90. The SMILES string of the molecule is CN(CC(O)c1cccc(N)c1)CC1(O)CCCC1. The molecule has 0 amide bonds. The van der Waals surface area contributed by atoms with E-state index in [0.717, 1.165) is 31.2 Å². The molecule has 4 heteroatoms. The van der Waals surface area contributed by atoms with E-state index in [1.165, 1.54) is 0 Å². The summed E-state index contributed by atoms with van der Waals surface area (Å²) < 4.78 is 0. The van der Waals surface area contributed by atoms with Crippen LogP contribution in [0.3, 0.4) is 0 Å². The molecular formula is C15H24N2O2. The summed E-state index contributed by atoms with van der Waals surface area (Å²) in [4.78, 5) is 2.00. The molecular weight excluding hydrogens is 240 g/mol. The van der Waals surface area contributed by atoms with Crippen molar-refractivity contribution in [1.29, 1.82) is 0 Å². The van der Waals surface area contributed by atoms with Crippen molar-refractivity contribution in [1.82, 2.24) is 4.90 Å². The quantitative estimate of drug-likeness (QED) is 0.706. The molecule has 1 fully saturated rings. The highest BCUT2D eigenvalue weighted by Gasteiger charge is 2.32. The minimum Gasteiger partial charge on any atom is -0.399 e. The molecule has 1 aromatic carbocycles. The molecule has 1 unspecified atom stereocenters. The number of aliphatic hydroxyl groups excluding tert-OH is 1. The topological polar surface area (TPSA) is 69.7 Å². The lowest BCUT2D eigenvalue weighted by molar-refractivity contribution is 0.00483. The van der Waals surface area contributed by atoms with Crippen LogP contribution in [-0.2, 0) is 0 Å². The Bertz CT molecular complexity index is 416. The first-order chi connectivity index (χ1) is 8.98. The Hall–Kier alpha value is -1.10. The molecule has 4 N–H and O–H groups in total. The third-order valence-corrected chi connectivity index (χ3v) is 3.88. The number of benzene rings is 1. The van der Waals surface area contributed by atoms with Gasteiger partial charge in [0.25, 0.3) is 0 Å². The van der Waals surface area contributed by atoms with Crippen LogP contribution in [0, 0.1) is 0 Å². The van der Waals surface area contributed by atoms with Gasteiger partial charge in [0.15, 0.2) is 0 Å². The van der Waals surface area contributed by atoms with Gasteiger partial charge in [0.1, 0.15) is 0 Å². The van der Waals surface area contributed by atoms with E-state index in [1.54, 1.807) is 12.1 Å². The fourth-order valence-corrected chi connectivity index (χ4v) is 2.93. The first-order valence-electron chi connectivity index (χ1n) is 6.93. The van der Waals surface area contributed by atoms with Crippen molar-refractivity contribution in [3.63, 3.8) is 0 Å². The fraction of sp³-hybridized carbons (Fsp3) is 0.600. The van der Waals surface area contributed by atoms with E-state index in [-0.39, 0.29) is 0 Å². The van der Waals surface area contributed by atoms with E-state index in [4.69, 9.17) is 5.73 Å². The molecule has 0 radical (unpaired) electrons. The van der Waals surface area contributed by atoms with Crippen LogP contribution < -0.4 is 5.73 Å². The third-order valence-electron chi connectivity index (χ3n) is 3.88. The Kier molecular flexibility index (Phi) is 4.45. The summed E-state index contributed by atoms with van der Waals surface area (Å²) in [6, 6.07) is 7.32. The van der Waals surface area contributed by atoms with Crippen molar-refractivity contribution >= 4 is 5.69 Å². The second-order valence-corrected chi connectivity index (χ2v) is 5.81. The van der Waals surface area contributed by atoms with Gasteiger partial charge in [0, 0.05) is 18.8 Å². The summed E-state index contributed by atoms with van der Waals surface area (Å²) in [6.45, 7) is 1.12. The maximum absolute atomic E-state index is 10.3. The van der Waals surface area contributed by atoms with Crippen LogP contribution in [0.5, 0.6) is 0 Å². The molecule has 0 spiro atoms. The highest BCUT2D eigenvalue weighted by atomic mass is 16.3. The number of nitrogen functional groups attached to an aromatic ring is 1. The lowest BCUT2D eigenvalue weighted by Crippen LogP contribution is -2.40. The Morgan fingerprint density at radius 3 is 2.68 bits per heavy atom. The highest BCUT2D eigenvalue weighted by Crippen LogP contribution is 2.30. The molecule has 0 aromatic heterocycles. The molecule has 0 aliphatic heterocycles. The predicted molar refractivity (Wildman–Crippen MR) is 76.7 cm³/mol. The third kappa shape index (κ3) is 3.93. The fourth-order valence-electron chi connectivity index (χ4n) is 2.93. The molecule has 1 aromatic rings. The van der Waals surface area contributed by atoms with Crippen LogP contribution >= 0.6 is 0 Å². The van der Waals surface area contributed by atoms with Crippen molar-refractivity contribution in [3.05, 3.63) is 29.8 Å². The molecule has 1 saturated carbocycles. The Labute approximate surface area is 114 Å². The van der Waals surface area contributed by atoms with E-state index >= 15 is 0 Å². The van der Waals surface area contributed by atoms with Crippen LogP contribution in [-0.4, -0.2) is 40.9 Å². The average Bonchev–Trinajstić information content (AvgIpc) is 2.75. The number of rotatable bonds is 5. The number of nitrogens with two attached hydrogens (primary N) is 1. The van der Waals surface area contributed by atoms with Crippen LogP contribution in [0.4, 0.5) is 5.69 Å². The second-order valence-electron chi connectivity index (χ2n) is 5.81. The summed E-state index contributed by atoms with van der Waals surface area (Å²) in [6.07, 6.45) is 3.36. The monoisotopic (exact) mass is 264 g/mol. The summed E-state index contributed by atoms with van der Waals surface area (Å²) >= 11 is 0. The molecule has 19 heavy (non-hydrogen) atoms. The predicted octanol–water partition coefficient (Wildman–Crippen LogP) is 1.54. The van der Waals surface area contributed by atoms with Crippen LogP contribution in [0.1, 0.15) is 37.4 Å². The van der Waals surface area contributed by atoms with Gasteiger partial charge >= 0.3 is 0 Å². The Morgan fingerprint density at radius 1 is 1.37 bits per heavy atom. The molecule has 1 atom stereocenters. The first-order valence-corrected chi connectivity index (χ1v) is 6.93. The van der Waals surface area contributed by atoms with Gasteiger partial charge in [-0.25, -0.2) is 0 Å². The van der Waals surface area contributed by atoms with Crippen molar-refractivity contribution in [2.45, 2.75) is 37.4 Å². The highest BCUT2D eigenvalue weighted by molar-refractivity contribution is 5.41. The average molecular weight is 264 g/mol. The zero-order chi connectivity index (χ0) is 13.9. The summed E-state index contributed by atoms with van der Waals surface area (Å²) in [5.74, 6) is 0. The zero-order valence-corrected chi connectivity index (χ0v) is 11.5. The molecule has 106 valence electrons. The number of aliphatic hydroxyl groups is 2. The molecule has 2 rings (SSSR count). The van der Waals surface area contributed by atoms with Gasteiger partial charge in [0.2, 0.25) is 0 Å². The molecule has 1 aliphatic rings. The maximum Gasteiger partial charge on any atom is 0.0917 e. The zero-order valence-electron chi connectivity index (χ0n) is 11.5. The van der Waals surface area contributed by atoms with Crippen molar-refractivity contribution in [2.75, 3.05) is 25.9 Å². The number of anilines is 1. The van der Waals surface area contributed by atoms with Gasteiger partial charge < -0.3 is 20.8 Å². The Morgan fingerprint density at radius 2 is 2.05 bits per heavy atom. The molecule has 0 bridgehead atoms. The molecule has 4 nitrogen and oxygen atoms in total. The number of nitrogens with zero attached hydrogens (tertiary/aromatic N) is 1. The molecule has 0 heterocycles. The van der Waals surface area contributed by atoms with Gasteiger partial charge in [0.05, 0.1) is 11.7 Å². The van der Waals surface area contributed by atoms with Crippen LogP contribution in [0.15, 0.2) is 24.3 Å². The van der Waals surface area contributed by atoms with Gasteiger partial charge in [-0.3, -0.25) is 0 Å².